The van der Waals surface area contributed by atoms with E-state index in [2.05, 4.69) is 27.0 Å². The molecule has 0 spiro atoms. The zero-order chi connectivity index (χ0) is 13.9. The van der Waals surface area contributed by atoms with Gasteiger partial charge in [-0.3, -0.25) is 0 Å². The van der Waals surface area contributed by atoms with Gasteiger partial charge in [0.25, 0.3) is 0 Å². The van der Waals surface area contributed by atoms with E-state index in [0.717, 1.165) is 15.4 Å². The number of ether oxygens (including phenoxy) is 1. The molecule has 0 N–H and O–H groups in total. The van der Waals surface area contributed by atoms with Gasteiger partial charge in [-0.1, -0.05) is 34.1 Å². The van der Waals surface area contributed by atoms with E-state index < -0.39 is 0 Å². The Hall–Kier alpha value is -2.38. The maximum absolute atomic E-state index is 9.22. The number of pyridine rings is 1. The third-order valence-corrected chi connectivity index (χ3v) is 3.37. The van der Waals surface area contributed by atoms with E-state index in [1.165, 1.54) is 0 Å². The number of benzene rings is 2. The number of hydrogen-bond acceptors (Lipinski definition) is 3. The fourth-order valence-electron chi connectivity index (χ4n) is 1.87. The van der Waals surface area contributed by atoms with Crippen molar-refractivity contribution in [2.24, 2.45) is 0 Å². The molecule has 4 heteroatoms. The van der Waals surface area contributed by atoms with E-state index in [9.17, 15) is 5.26 Å². The van der Waals surface area contributed by atoms with Crippen molar-refractivity contribution >= 4 is 26.8 Å². The van der Waals surface area contributed by atoms with Crippen molar-refractivity contribution in [2.45, 2.75) is 0 Å². The monoisotopic (exact) mass is 324 g/mol. The molecule has 0 radical (unpaired) electrons. The lowest BCUT2D eigenvalue weighted by molar-refractivity contribution is 0.463. The van der Waals surface area contributed by atoms with E-state index in [0.29, 0.717) is 17.2 Å². The second-order valence-electron chi connectivity index (χ2n) is 4.20. The molecule has 0 bridgehead atoms. The summed E-state index contributed by atoms with van der Waals surface area (Å²) in [5, 5.41) is 10.1. The van der Waals surface area contributed by atoms with Crippen LogP contribution in [0.3, 0.4) is 0 Å². The highest BCUT2D eigenvalue weighted by molar-refractivity contribution is 9.10. The molecule has 0 unspecified atom stereocenters. The first-order valence-corrected chi connectivity index (χ1v) is 6.79. The second kappa shape index (κ2) is 5.32. The van der Waals surface area contributed by atoms with Crippen LogP contribution < -0.4 is 4.74 Å². The molecule has 0 saturated heterocycles. The molecule has 20 heavy (non-hydrogen) atoms. The predicted molar refractivity (Wildman–Crippen MR) is 80.7 cm³/mol. The summed E-state index contributed by atoms with van der Waals surface area (Å²) in [6.07, 6.45) is 0. The number of halogens is 1. The van der Waals surface area contributed by atoms with Crippen LogP contribution in [0, 0.1) is 11.3 Å². The van der Waals surface area contributed by atoms with Crippen LogP contribution in [-0.4, -0.2) is 4.98 Å². The molecule has 96 valence electrons. The minimum atomic E-state index is 0.327. The standard InChI is InChI=1S/C16H9BrN2O/c17-13-5-7-14(8-6-13)20-16-12(10-18)9-11-3-1-2-4-15(11)19-16/h1-9H. The molecule has 0 aliphatic heterocycles. The van der Waals surface area contributed by atoms with Gasteiger partial charge >= 0.3 is 0 Å². The lowest BCUT2D eigenvalue weighted by Crippen LogP contribution is -1.93. The molecule has 3 aromatic rings. The highest BCUT2D eigenvalue weighted by atomic mass is 79.9. The van der Waals surface area contributed by atoms with Crippen LogP contribution in [0.15, 0.2) is 59.1 Å². The topological polar surface area (TPSA) is 45.9 Å². The Morgan fingerprint density at radius 1 is 1.05 bits per heavy atom. The summed E-state index contributed by atoms with van der Waals surface area (Å²) in [4.78, 5) is 4.41. The number of nitrogens with zero attached hydrogens (tertiary/aromatic N) is 2. The second-order valence-corrected chi connectivity index (χ2v) is 5.12. The Morgan fingerprint density at radius 3 is 2.55 bits per heavy atom. The van der Waals surface area contributed by atoms with Crippen LogP contribution >= 0.6 is 15.9 Å². The van der Waals surface area contributed by atoms with Crippen molar-refractivity contribution in [1.82, 2.24) is 4.98 Å². The van der Waals surface area contributed by atoms with Crippen molar-refractivity contribution in [3.63, 3.8) is 0 Å². The smallest absolute Gasteiger partial charge is 0.237 e. The zero-order valence-corrected chi connectivity index (χ0v) is 12.0. The van der Waals surface area contributed by atoms with Crippen LogP contribution in [-0.2, 0) is 0 Å². The van der Waals surface area contributed by atoms with E-state index in [1.54, 1.807) is 6.07 Å². The summed E-state index contributed by atoms with van der Waals surface area (Å²) in [5.41, 5.74) is 1.23. The van der Waals surface area contributed by atoms with Gasteiger partial charge in [-0.2, -0.15) is 5.26 Å². The van der Waals surface area contributed by atoms with Gasteiger partial charge in [0.2, 0.25) is 5.88 Å². The number of hydrogen-bond donors (Lipinski definition) is 0. The van der Waals surface area contributed by atoms with Crippen LogP contribution in [0.25, 0.3) is 10.9 Å². The molecular formula is C16H9BrN2O. The van der Waals surface area contributed by atoms with Crippen molar-refractivity contribution in [3.8, 4) is 17.7 Å². The first-order chi connectivity index (χ1) is 9.76. The van der Waals surface area contributed by atoms with Crippen molar-refractivity contribution in [1.29, 1.82) is 5.26 Å². The molecule has 0 fully saturated rings. The number of fused-ring (bicyclic) bond motifs is 1. The van der Waals surface area contributed by atoms with Gasteiger partial charge in [0, 0.05) is 9.86 Å². The van der Waals surface area contributed by atoms with Crippen molar-refractivity contribution in [2.75, 3.05) is 0 Å². The minimum absolute atomic E-state index is 0.327. The average molecular weight is 325 g/mol. The third-order valence-electron chi connectivity index (χ3n) is 2.84. The fraction of sp³-hybridized carbons (Fsp3) is 0. The molecule has 0 aliphatic carbocycles. The van der Waals surface area contributed by atoms with Crippen LogP contribution in [0.1, 0.15) is 5.56 Å². The maximum Gasteiger partial charge on any atom is 0.237 e. The molecule has 1 aromatic heterocycles. The molecule has 3 nitrogen and oxygen atoms in total. The van der Waals surface area contributed by atoms with Gasteiger partial charge in [0.15, 0.2) is 0 Å². The van der Waals surface area contributed by atoms with Gasteiger partial charge in [-0.25, -0.2) is 4.98 Å². The predicted octanol–water partition coefficient (Wildman–Crippen LogP) is 4.66. The molecule has 0 aliphatic rings. The lowest BCUT2D eigenvalue weighted by Gasteiger charge is -2.07. The zero-order valence-electron chi connectivity index (χ0n) is 10.4. The van der Waals surface area contributed by atoms with Crippen LogP contribution in [0.2, 0.25) is 0 Å². The quantitative estimate of drug-likeness (QED) is 0.688. The van der Waals surface area contributed by atoms with Gasteiger partial charge < -0.3 is 4.74 Å². The molecule has 0 amide bonds. The summed E-state index contributed by atoms with van der Waals surface area (Å²) >= 11 is 3.37. The molecule has 3 rings (SSSR count). The summed E-state index contributed by atoms with van der Waals surface area (Å²) in [5.74, 6) is 0.973. The van der Waals surface area contributed by atoms with Gasteiger partial charge in [-0.15, -0.1) is 0 Å². The number of para-hydroxylation sites is 1. The molecular weight excluding hydrogens is 316 g/mol. The van der Waals surface area contributed by atoms with E-state index >= 15 is 0 Å². The minimum Gasteiger partial charge on any atom is -0.438 e. The summed E-state index contributed by atoms with van der Waals surface area (Å²) in [6.45, 7) is 0. The van der Waals surface area contributed by atoms with Gasteiger partial charge in [0.1, 0.15) is 17.4 Å². The summed E-state index contributed by atoms with van der Waals surface area (Å²) in [7, 11) is 0. The number of aromatic nitrogens is 1. The molecule has 0 atom stereocenters. The van der Waals surface area contributed by atoms with Crippen molar-refractivity contribution < 1.29 is 4.74 Å². The molecule has 2 aromatic carbocycles. The Kier molecular flexibility index (Phi) is 3.36. The Morgan fingerprint density at radius 2 is 1.80 bits per heavy atom. The summed E-state index contributed by atoms with van der Waals surface area (Å²) in [6, 6.07) is 19.0. The SMILES string of the molecule is N#Cc1cc2ccccc2nc1Oc1ccc(Br)cc1. The maximum atomic E-state index is 9.22. The van der Waals surface area contributed by atoms with E-state index in [-0.39, 0.29) is 0 Å². The van der Waals surface area contributed by atoms with Crippen LogP contribution in [0.4, 0.5) is 0 Å². The normalized spacial score (nSPS) is 10.2. The number of rotatable bonds is 2. The third kappa shape index (κ3) is 2.49. The highest BCUT2D eigenvalue weighted by Crippen LogP contribution is 2.27. The first-order valence-electron chi connectivity index (χ1n) is 5.99. The first kappa shape index (κ1) is 12.6. The number of nitriles is 1. The fourth-order valence-corrected chi connectivity index (χ4v) is 2.13. The lowest BCUT2D eigenvalue weighted by atomic mass is 10.1. The average Bonchev–Trinajstić information content (AvgIpc) is 2.49. The Labute approximate surface area is 124 Å². The van der Waals surface area contributed by atoms with Crippen LogP contribution in [0.5, 0.6) is 11.6 Å². The van der Waals surface area contributed by atoms with Gasteiger partial charge in [-0.05, 0) is 36.4 Å². The van der Waals surface area contributed by atoms with E-state index in [1.807, 2.05) is 48.5 Å². The Bertz CT molecular complexity index is 807. The van der Waals surface area contributed by atoms with Gasteiger partial charge in [0.05, 0.1) is 5.52 Å². The summed E-state index contributed by atoms with van der Waals surface area (Å²) < 4.78 is 6.68. The van der Waals surface area contributed by atoms with E-state index in [4.69, 9.17) is 4.74 Å². The molecule has 0 saturated carbocycles. The Balaban J connectivity index is 2.06. The largest absolute Gasteiger partial charge is 0.438 e. The van der Waals surface area contributed by atoms with Crippen molar-refractivity contribution in [3.05, 3.63) is 64.6 Å². The highest BCUT2D eigenvalue weighted by Gasteiger charge is 2.08. The molecule has 1 heterocycles.